The molecule has 0 radical (unpaired) electrons. The molecule has 1 aliphatic carbocycles. The summed E-state index contributed by atoms with van der Waals surface area (Å²) in [5.41, 5.74) is 1.22. The fourth-order valence-corrected chi connectivity index (χ4v) is 2.43. The molecule has 106 valence electrons. The van der Waals surface area contributed by atoms with Crippen LogP contribution in [0.5, 0.6) is 5.75 Å². The van der Waals surface area contributed by atoms with E-state index in [2.05, 4.69) is 16.4 Å². The van der Waals surface area contributed by atoms with Gasteiger partial charge in [0, 0.05) is 18.8 Å². The number of rotatable bonds is 6. The fourth-order valence-electron chi connectivity index (χ4n) is 2.43. The van der Waals surface area contributed by atoms with Crippen LogP contribution in [0.1, 0.15) is 18.4 Å². The zero-order valence-electron chi connectivity index (χ0n) is 10.9. The topological polar surface area (TPSA) is 54.4 Å². The predicted molar refractivity (Wildman–Crippen MR) is 75.8 cm³/mol. The second-order valence-corrected chi connectivity index (χ2v) is 5.42. The van der Waals surface area contributed by atoms with E-state index in [4.69, 9.17) is 9.84 Å². The van der Waals surface area contributed by atoms with Gasteiger partial charge < -0.3 is 15.2 Å². The first kappa shape index (κ1) is 14.6. The Bertz CT molecular complexity index is 412. The molecule has 1 aliphatic heterocycles. The maximum Gasteiger partial charge on any atom is 0.137 e. The Kier molecular flexibility index (Phi) is 5.02. The Morgan fingerprint density at radius 3 is 2.84 bits per heavy atom. The van der Waals surface area contributed by atoms with Gasteiger partial charge in [0.1, 0.15) is 12.4 Å². The van der Waals surface area contributed by atoms with Crippen molar-refractivity contribution in [3.63, 3.8) is 0 Å². The zero-order chi connectivity index (χ0) is 12.4. The van der Waals surface area contributed by atoms with Crippen molar-refractivity contribution in [1.82, 2.24) is 10.3 Å². The average Bonchev–Trinajstić information content (AvgIpc) is 3.06. The van der Waals surface area contributed by atoms with Crippen LogP contribution in [0.4, 0.5) is 0 Å². The van der Waals surface area contributed by atoms with E-state index in [1.54, 1.807) is 6.20 Å². The molecule has 19 heavy (non-hydrogen) atoms. The number of halogens is 1. The van der Waals surface area contributed by atoms with Crippen molar-refractivity contribution >= 4 is 12.4 Å². The molecular formula is C14H21ClN2O2. The van der Waals surface area contributed by atoms with Gasteiger partial charge in [0.05, 0.1) is 6.20 Å². The SMILES string of the molecule is Cl.OC[C@@H]1CC1Cc1cncc(OC[C@@H]2CCN2)c1. The molecule has 0 amide bonds. The van der Waals surface area contributed by atoms with Gasteiger partial charge in [-0.25, -0.2) is 0 Å². The van der Waals surface area contributed by atoms with Crippen molar-refractivity contribution < 1.29 is 9.84 Å². The third-order valence-corrected chi connectivity index (χ3v) is 3.95. The van der Waals surface area contributed by atoms with E-state index in [-0.39, 0.29) is 12.4 Å². The molecule has 2 heterocycles. The number of nitrogens with zero attached hydrogens (tertiary/aromatic N) is 1. The smallest absolute Gasteiger partial charge is 0.137 e. The van der Waals surface area contributed by atoms with E-state index < -0.39 is 0 Å². The van der Waals surface area contributed by atoms with Gasteiger partial charge in [0.25, 0.3) is 0 Å². The van der Waals surface area contributed by atoms with Gasteiger partial charge in [-0.05, 0) is 49.3 Å². The number of aliphatic hydroxyl groups is 1. The molecule has 1 aromatic rings. The van der Waals surface area contributed by atoms with Gasteiger partial charge in [0.2, 0.25) is 0 Å². The Hall–Kier alpha value is -0.840. The van der Waals surface area contributed by atoms with Gasteiger partial charge >= 0.3 is 0 Å². The highest BCUT2D eigenvalue weighted by Gasteiger charge is 2.36. The summed E-state index contributed by atoms with van der Waals surface area (Å²) in [5.74, 6) is 2.01. The summed E-state index contributed by atoms with van der Waals surface area (Å²) in [5, 5.41) is 12.4. The van der Waals surface area contributed by atoms with Crippen LogP contribution in [-0.4, -0.2) is 35.9 Å². The molecule has 1 saturated heterocycles. The van der Waals surface area contributed by atoms with E-state index in [0.29, 0.717) is 24.5 Å². The molecule has 1 saturated carbocycles. The summed E-state index contributed by atoms with van der Waals surface area (Å²) in [6.07, 6.45) is 7.04. The maximum absolute atomic E-state index is 9.04. The number of nitrogens with one attached hydrogen (secondary N) is 1. The summed E-state index contributed by atoms with van der Waals surface area (Å²) in [6.45, 7) is 2.16. The molecule has 4 nitrogen and oxygen atoms in total. The van der Waals surface area contributed by atoms with Crippen LogP contribution in [0.3, 0.4) is 0 Å². The molecule has 0 bridgehead atoms. The first-order chi connectivity index (χ1) is 8.85. The van der Waals surface area contributed by atoms with Crippen LogP contribution in [0, 0.1) is 11.8 Å². The van der Waals surface area contributed by atoms with Crippen molar-refractivity contribution in [3.8, 4) is 5.75 Å². The lowest BCUT2D eigenvalue weighted by molar-refractivity contribution is 0.216. The highest BCUT2D eigenvalue weighted by molar-refractivity contribution is 5.85. The van der Waals surface area contributed by atoms with Crippen molar-refractivity contribution in [2.45, 2.75) is 25.3 Å². The Morgan fingerprint density at radius 1 is 1.37 bits per heavy atom. The van der Waals surface area contributed by atoms with Crippen molar-refractivity contribution in [2.75, 3.05) is 19.8 Å². The standard InChI is InChI=1S/C14H20N2O2.ClH/c17-8-12-5-11(12)3-10-4-14(7-15-6-10)18-9-13-1-2-16-13;/h4,6-7,11-13,16-17H,1-3,5,8-9H2;1H/t11?,12-,13-;/m0./s1. The lowest BCUT2D eigenvalue weighted by atomic mass is 10.1. The fraction of sp³-hybridized carbons (Fsp3) is 0.643. The lowest BCUT2D eigenvalue weighted by Crippen LogP contribution is -2.46. The molecule has 2 aliphatic rings. The summed E-state index contributed by atoms with van der Waals surface area (Å²) in [4.78, 5) is 4.23. The highest BCUT2D eigenvalue weighted by atomic mass is 35.5. The van der Waals surface area contributed by atoms with Gasteiger partial charge in [-0.2, -0.15) is 0 Å². The summed E-state index contributed by atoms with van der Waals surface area (Å²) in [7, 11) is 0. The van der Waals surface area contributed by atoms with E-state index in [1.807, 2.05) is 6.20 Å². The average molecular weight is 285 g/mol. The molecule has 3 rings (SSSR count). The minimum Gasteiger partial charge on any atom is -0.490 e. The van der Waals surface area contributed by atoms with E-state index in [9.17, 15) is 0 Å². The lowest BCUT2D eigenvalue weighted by Gasteiger charge is -2.27. The third kappa shape index (κ3) is 3.81. The second kappa shape index (κ2) is 6.55. The van der Waals surface area contributed by atoms with Crippen molar-refractivity contribution in [1.29, 1.82) is 0 Å². The number of aliphatic hydroxyl groups excluding tert-OH is 1. The quantitative estimate of drug-likeness (QED) is 0.829. The van der Waals surface area contributed by atoms with E-state index >= 15 is 0 Å². The normalized spacial score (nSPS) is 28.2. The largest absolute Gasteiger partial charge is 0.490 e. The zero-order valence-corrected chi connectivity index (χ0v) is 11.7. The van der Waals surface area contributed by atoms with Crippen LogP contribution in [0.15, 0.2) is 18.5 Å². The summed E-state index contributed by atoms with van der Waals surface area (Å²) in [6, 6.07) is 2.59. The molecule has 2 N–H and O–H groups in total. The van der Waals surface area contributed by atoms with Crippen molar-refractivity contribution in [2.24, 2.45) is 11.8 Å². The first-order valence-electron chi connectivity index (χ1n) is 6.76. The van der Waals surface area contributed by atoms with Crippen LogP contribution in [-0.2, 0) is 6.42 Å². The van der Waals surface area contributed by atoms with Gasteiger partial charge in [-0.3, -0.25) is 4.98 Å². The molecule has 1 aromatic heterocycles. The highest BCUT2D eigenvalue weighted by Crippen LogP contribution is 2.40. The van der Waals surface area contributed by atoms with E-state index in [1.165, 1.54) is 12.0 Å². The number of pyridine rings is 1. The van der Waals surface area contributed by atoms with Gasteiger partial charge in [0.15, 0.2) is 0 Å². The van der Waals surface area contributed by atoms with Crippen LogP contribution in [0.2, 0.25) is 0 Å². The number of hydrogen-bond donors (Lipinski definition) is 2. The minimum atomic E-state index is 0. The maximum atomic E-state index is 9.04. The second-order valence-electron chi connectivity index (χ2n) is 5.42. The molecule has 5 heteroatoms. The van der Waals surface area contributed by atoms with Gasteiger partial charge in [-0.15, -0.1) is 12.4 Å². The van der Waals surface area contributed by atoms with Crippen LogP contribution in [0.25, 0.3) is 0 Å². The number of hydrogen-bond acceptors (Lipinski definition) is 4. The Morgan fingerprint density at radius 2 is 2.21 bits per heavy atom. The molecular weight excluding hydrogens is 264 g/mol. The van der Waals surface area contributed by atoms with Gasteiger partial charge in [-0.1, -0.05) is 0 Å². The molecule has 0 aromatic carbocycles. The molecule has 1 unspecified atom stereocenters. The summed E-state index contributed by atoms with van der Waals surface area (Å²) < 4.78 is 5.73. The number of aromatic nitrogens is 1. The summed E-state index contributed by atoms with van der Waals surface area (Å²) >= 11 is 0. The predicted octanol–water partition coefficient (Wildman–Crippen LogP) is 1.41. The van der Waals surface area contributed by atoms with Crippen molar-refractivity contribution in [3.05, 3.63) is 24.0 Å². The molecule has 0 spiro atoms. The van der Waals surface area contributed by atoms with Crippen LogP contribution >= 0.6 is 12.4 Å². The first-order valence-corrected chi connectivity index (χ1v) is 6.76. The monoisotopic (exact) mass is 284 g/mol. The minimum absolute atomic E-state index is 0. The third-order valence-electron chi connectivity index (χ3n) is 3.95. The Balaban J connectivity index is 0.00000133. The van der Waals surface area contributed by atoms with Crippen LogP contribution < -0.4 is 10.1 Å². The molecule has 3 atom stereocenters. The van der Waals surface area contributed by atoms with E-state index in [0.717, 1.165) is 31.7 Å². The number of ether oxygens (including phenoxy) is 1. The Labute approximate surface area is 120 Å². The molecule has 2 fully saturated rings.